The summed E-state index contributed by atoms with van der Waals surface area (Å²) in [7, 11) is 0. The zero-order chi connectivity index (χ0) is 16.4. The SMILES string of the molecule is O=C(NCc1nnc2ccccn12)c1ccc(Cl)cc1[N+](=O)[O-]. The molecular weight excluding hydrogens is 322 g/mol. The fraction of sp³-hybridized carbons (Fsp3) is 0.0714. The molecule has 0 saturated carbocycles. The van der Waals surface area contributed by atoms with Crippen LogP contribution in [-0.4, -0.2) is 25.4 Å². The van der Waals surface area contributed by atoms with E-state index in [0.717, 1.165) is 6.07 Å². The van der Waals surface area contributed by atoms with E-state index in [-0.39, 0.29) is 22.8 Å². The normalized spacial score (nSPS) is 10.7. The lowest BCUT2D eigenvalue weighted by Crippen LogP contribution is -2.24. The highest BCUT2D eigenvalue weighted by Gasteiger charge is 2.20. The van der Waals surface area contributed by atoms with Gasteiger partial charge in [0.05, 0.1) is 11.5 Å². The van der Waals surface area contributed by atoms with Crippen molar-refractivity contribution < 1.29 is 9.72 Å². The highest BCUT2D eigenvalue weighted by molar-refractivity contribution is 6.31. The van der Waals surface area contributed by atoms with E-state index < -0.39 is 10.8 Å². The maximum atomic E-state index is 12.2. The van der Waals surface area contributed by atoms with E-state index in [2.05, 4.69) is 15.5 Å². The van der Waals surface area contributed by atoms with Crippen LogP contribution < -0.4 is 5.32 Å². The van der Waals surface area contributed by atoms with Gasteiger partial charge in [0.2, 0.25) is 0 Å². The Morgan fingerprint density at radius 1 is 1.30 bits per heavy atom. The number of carbonyl (C=O) groups excluding carboxylic acids is 1. The van der Waals surface area contributed by atoms with Crippen molar-refractivity contribution >= 4 is 28.8 Å². The molecule has 3 rings (SSSR count). The topological polar surface area (TPSA) is 102 Å². The van der Waals surface area contributed by atoms with Gasteiger partial charge < -0.3 is 5.32 Å². The molecule has 1 amide bonds. The Morgan fingerprint density at radius 3 is 2.91 bits per heavy atom. The fourth-order valence-corrected chi connectivity index (χ4v) is 2.28. The van der Waals surface area contributed by atoms with Crippen LogP contribution in [0.25, 0.3) is 5.65 Å². The lowest BCUT2D eigenvalue weighted by molar-refractivity contribution is -0.385. The first-order valence-electron chi connectivity index (χ1n) is 6.57. The summed E-state index contributed by atoms with van der Waals surface area (Å²) in [5, 5.41) is 21.8. The number of nitro groups is 1. The third kappa shape index (κ3) is 2.97. The lowest BCUT2D eigenvalue weighted by atomic mass is 10.1. The molecule has 0 bridgehead atoms. The largest absolute Gasteiger partial charge is 0.344 e. The Kier molecular flexibility index (Phi) is 3.90. The van der Waals surface area contributed by atoms with E-state index in [4.69, 9.17) is 11.6 Å². The van der Waals surface area contributed by atoms with Crippen LogP contribution in [0.15, 0.2) is 42.6 Å². The second-order valence-electron chi connectivity index (χ2n) is 4.65. The fourth-order valence-electron chi connectivity index (χ4n) is 2.11. The van der Waals surface area contributed by atoms with Crippen LogP contribution in [0.4, 0.5) is 5.69 Å². The summed E-state index contributed by atoms with van der Waals surface area (Å²) in [6.45, 7) is 0.0871. The third-order valence-electron chi connectivity index (χ3n) is 3.19. The first kappa shape index (κ1) is 14.9. The number of rotatable bonds is 4. The average Bonchev–Trinajstić information content (AvgIpc) is 2.95. The van der Waals surface area contributed by atoms with Gasteiger partial charge in [-0.25, -0.2) is 0 Å². The van der Waals surface area contributed by atoms with Crippen LogP contribution in [0.3, 0.4) is 0 Å². The molecule has 1 aromatic carbocycles. The van der Waals surface area contributed by atoms with Crippen LogP contribution in [0.5, 0.6) is 0 Å². The molecule has 0 saturated heterocycles. The summed E-state index contributed by atoms with van der Waals surface area (Å²) in [5.41, 5.74) is 0.239. The number of nitrogens with zero attached hydrogens (tertiary/aromatic N) is 4. The van der Waals surface area contributed by atoms with E-state index in [1.807, 2.05) is 12.1 Å². The molecule has 0 aliphatic heterocycles. The molecule has 0 atom stereocenters. The van der Waals surface area contributed by atoms with Gasteiger partial charge in [-0.15, -0.1) is 10.2 Å². The Bertz CT molecular complexity index is 908. The zero-order valence-corrected chi connectivity index (χ0v) is 12.4. The smallest absolute Gasteiger partial charge is 0.283 e. The standard InChI is InChI=1S/C14H10ClN5O3/c15-9-4-5-10(11(7-9)20(22)23)14(21)16-8-13-18-17-12-3-1-2-6-19(12)13/h1-7H,8H2,(H,16,21). The Labute approximate surface area is 134 Å². The van der Waals surface area contributed by atoms with Crippen LogP contribution in [0.2, 0.25) is 5.02 Å². The number of carbonyl (C=O) groups is 1. The van der Waals surface area contributed by atoms with Gasteiger partial charge in [0.15, 0.2) is 11.5 Å². The summed E-state index contributed by atoms with van der Waals surface area (Å²) in [6, 6.07) is 9.30. The summed E-state index contributed by atoms with van der Waals surface area (Å²) in [6.07, 6.45) is 1.77. The lowest BCUT2D eigenvalue weighted by Gasteiger charge is -2.05. The minimum absolute atomic E-state index is 0.0618. The Hall–Kier alpha value is -3.00. The predicted octanol–water partition coefficient (Wildman–Crippen LogP) is 2.22. The Balaban J connectivity index is 1.81. The van der Waals surface area contributed by atoms with Crippen LogP contribution >= 0.6 is 11.6 Å². The highest BCUT2D eigenvalue weighted by atomic mass is 35.5. The minimum Gasteiger partial charge on any atom is -0.344 e. The number of hydrogen-bond donors (Lipinski definition) is 1. The van der Waals surface area contributed by atoms with Crippen molar-refractivity contribution in [2.75, 3.05) is 0 Å². The molecule has 0 spiro atoms. The zero-order valence-electron chi connectivity index (χ0n) is 11.6. The van der Waals surface area contributed by atoms with Gasteiger partial charge in [-0.3, -0.25) is 19.3 Å². The Morgan fingerprint density at radius 2 is 2.13 bits per heavy atom. The molecule has 23 heavy (non-hydrogen) atoms. The molecule has 0 aliphatic carbocycles. The first-order chi connectivity index (χ1) is 11.1. The van der Waals surface area contributed by atoms with Crippen molar-refractivity contribution in [3.05, 3.63) is 69.1 Å². The summed E-state index contributed by atoms with van der Waals surface area (Å²) >= 11 is 5.73. The second kappa shape index (κ2) is 6.01. The monoisotopic (exact) mass is 331 g/mol. The highest BCUT2D eigenvalue weighted by Crippen LogP contribution is 2.23. The van der Waals surface area contributed by atoms with Crippen LogP contribution in [-0.2, 0) is 6.54 Å². The second-order valence-corrected chi connectivity index (χ2v) is 5.08. The molecule has 2 heterocycles. The molecule has 8 nitrogen and oxygen atoms in total. The molecular formula is C14H10ClN5O3. The van der Waals surface area contributed by atoms with E-state index in [1.54, 1.807) is 16.7 Å². The molecule has 9 heteroatoms. The number of halogens is 1. The number of aromatic nitrogens is 3. The van der Waals surface area contributed by atoms with Gasteiger partial charge in [-0.1, -0.05) is 17.7 Å². The number of nitrogens with one attached hydrogen (secondary N) is 1. The van der Waals surface area contributed by atoms with Gasteiger partial charge in [-0.2, -0.15) is 0 Å². The van der Waals surface area contributed by atoms with Crippen molar-refractivity contribution in [1.82, 2.24) is 19.9 Å². The van der Waals surface area contributed by atoms with Crippen molar-refractivity contribution in [3.63, 3.8) is 0 Å². The molecule has 2 aromatic heterocycles. The molecule has 116 valence electrons. The van der Waals surface area contributed by atoms with Crippen LogP contribution in [0.1, 0.15) is 16.2 Å². The maximum absolute atomic E-state index is 12.2. The number of nitro benzene ring substituents is 1. The molecule has 1 N–H and O–H groups in total. The first-order valence-corrected chi connectivity index (χ1v) is 6.95. The van der Waals surface area contributed by atoms with E-state index >= 15 is 0 Å². The average molecular weight is 332 g/mol. The minimum atomic E-state index is -0.646. The number of benzene rings is 1. The van der Waals surface area contributed by atoms with Crippen molar-refractivity contribution in [3.8, 4) is 0 Å². The van der Waals surface area contributed by atoms with Gasteiger partial charge in [0.1, 0.15) is 5.56 Å². The van der Waals surface area contributed by atoms with E-state index in [0.29, 0.717) is 11.5 Å². The quantitative estimate of drug-likeness (QED) is 0.583. The molecule has 0 aliphatic rings. The number of amides is 1. The van der Waals surface area contributed by atoms with Gasteiger partial charge >= 0.3 is 0 Å². The van der Waals surface area contributed by atoms with E-state index in [1.165, 1.54) is 12.1 Å². The number of hydrogen-bond acceptors (Lipinski definition) is 5. The van der Waals surface area contributed by atoms with Gasteiger partial charge in [0.25, 0.3) is 11.6 Å². The van der Waals surface area contributed by atoms with Gasteiger partial charge in [-0.05, 0) is 24.3 Å². The number of fused-ring (bicyclic) bond motifs is 1. The number of pyridine rings is 1. The molecule has 3 aromatic rings. The van der Waals surface area contributed by atoms with Crippen molar-refractivity contribution in [2.24, 2.45) is 0 Å². The van der Waals surface area contributed by atoms with Crippen LogP contribution in [0, 0.1) is 10.1 Å². The summed E-state index contributed by atoms with van der Waals surface area (Å²) in [4.78, 5) is 22.6. The van der Waals surface area contributed by atoms with Crippen molar-refractivity contribution in [1.29, 1.82) is 0 Å². The van der Waals surface area contributed by atoms with E-state index in [9.17, 15) is 14.9 Å². The predicted molar refractivity (Wildman–Crippen MR) is 82.3 cm³/mol. The molecule has 0 unspecified atom stereocenters. The summed E-state index contributed by atoms with van der Waals surface area (Å²) < 4.78 is 1.72. The summed E-state index contributed by atoms with van der Waals surface area (Å²) in [5.74, 6) is -0.0633. The molecule has 0 fully saturated rings. The molecule has 0 radical (unpaired) electrons. The van der Waals surface area contributed by atoms with Crippen molar-refractivity contribution in [2.45, 2.75) is 6.54 Å². The third-order valence-corrected chi connectivity index (χ3v) is 3.43. The maximum Gasteiger partial charge on any atom is 0.283 e. The van der Waals surface area contributed by atoms with Gasteiger partial charge in [0, 0.05) is 17.3 Å².